The second-order valence-corrected chi connectivity index (χ2v) is 5.70. The Morgan fingerprint density at radius 3 is 2.96 bits per heavy atom. The molecule has 1 atom stereocenters. The third-order valence-corrected chi connectivity index (χ3v) is 3.98. The average molecular weight is 329 g/mol. The molecule has 0 saturated carbocycles. The molecular formula is C18H19NO5. The lowest BCUT2D eigenvalue weighted by Crippen LogP contribution is -2.18. The van der Waals surface area contributed by atoms with E-state index >= 15 is 0 Å². The lowest BCUT2D eigenvalue weighted by molar-refractivity contribution is 0.0684. The van der Waals surface area contributed by atoms with Gasteiger partial charge in [0.2, 0.25) is 0 Å². The largest absolute Gasteiger partial charge is 0.490 e. The molecule has 1 fully saturated rings. The van der Waals surface area contributed by atoms with Crippen LogP contribution in [0.5, 0.6) is 5.75 Å². The Labute approximate surface area is 138 Å². The van der Waals surface area contributed by atoms with Crippen LogP contribution < -0.4 is 15.9 Å². The fraction of sp³-hybridized carbons (Fsp3) is 0.333. The van der Waals surface area contributed by atoms with Crippen molar-refractivity contribution in [2.45, 2.75) is 25.4 Å². The maximum absolute atomic E-state index is 12.5. The normalized spacial score (nSPS) is 17.1. The van der Waals surface area contributed by atoms with Crippen molar-refractivity contribution in [1.82, 2.24) is 0 Å². The summed E-state index contributed by atoms with van der Waals surface area (Å²) in [6.45, 7) is 4.80. The van der Waals surface area contributed by atoms with Gasteiger partial charge in [0, 0.05) is 12.7 Å². The smallest absolute Gasteiger partial charge is 0.284 e. The van der Waals surface area contributed by atoms with Crippen molar-refractivity contribution >= 4 is 16.9 Å². The van der Waals surface area contributed by atoms with Gasteiger partial charge in [0.1, 0.15) is 23.3 Å². The van der Waals surface area contributed by atoms with Crippen molar-refractivity contribution in [2.75, 3.05) is 13.2 Å². The second-order valence-electron chi connectivity index (χ2n) is 5.70. The van der Waals surface area contributed by atoms with Crippen LogP contribution in [0.15, 0.2) is 40.1 Å². The molecule has 0 spiro atoms. The molecule has 2 N–H and O–H groups in total. The van der Waals surface area contributed by atoms with E-state index in [2.05, 4.69) is 6.58 Å². The van der Waals surface area contributed by atoms with Crippen LogP contribution in [0.4, 0.5) is 0 Å². The minimum absolute atomic E-state index is 0.0323. The number of allylic oxidation sites excluding steroid dienone is 1. The highest BCUT2D eigenvalue weighted by atomic mass is 16.5. The number of amides is 1. The van der Waals surface area contributed by atoms with Crippen LogP contribution in [0, 0.1) is 0 Å². The fourth-order valence-corrected chi connectivity index (χ4v) is 2.80. The maximum Gasteiger partial charge on any atom is 0.284 e. The van der Waals surface area contributed by atoms with Crippen molar-refractivity contribution in [3.8, 4) is 5.75 Å². The number of hydrogen-bond acceptors (Lipinski definition) is 5. The molecule has 6 heteroatoms. The van der Waals surface area contributed by atoms with E-state index in [0.29, 0.717) is 29.7 Å². The van der Waals surface area contributed by atoms with E-state index in [4.69, 9.17) is 19.6 Å². The molecule has 1 aromatic carbocycles. The standard InChI is InChI=1S/C18H19NO5/c1-2-4-11-6-7-14(23-10-12-5-3-8-22-12)16-13(20)9-15(18(19)21)24-17(11)16/h2,6-7,9,12H,1,3-5,8,10H2,(H2,19,21). The van der Waals surface area contributed by atoms with Gasteiger partial charge in [0.15, 0.2) is 11.2 Å². The molecule has 2 aromatic rings. The number of ether oxygens (including phenoxy) is 2. The van der Waals surface area contributed by atoms with E-state index in [1.807, 2.05) is 0 Å². The number of fused-ring (bicyclic) bond motifs is 1. The second kappa shape index (κ2) is 6.88. The predicted molar refractivity (Wildman–Crippen MR) is 89.4 cm³/mol. The van der Waals surface area contributed by atoms with Crippen LogP contribution in [0.25, 0.3) is 11.0 Å². The van der Waals surface area contributed by atoms with Crippen LogP contribution in [0.3, 0.4) is 0 Å². The SMILES string of the molecule is C=CCc1ccc(OCC2CCCO2)c2c(=O)cc(C(N)=O)oc12. The Morgan fingerprint density at radius 1 is 1.46 bits per heavy atom. The van der Waals surface area contributed by atoms with E-state index in [-0.39, 0.29) is 17.3 Å². The van der Waals surface area contributed by atoms with E-state index in [9.17, 15) is 9.59 Å². The van der Waals surface area contributed by atoms with E-state index in [0.717, 1.165) is 31.1 Å². The molecule has 24 heavy (non-hydrogen) atoms. The Kier molecular flexibility index (Phi) is 4.66. The first kappa shape index (κ1) is 16.3. The Morgan fingerprint density at radius 2 is 2.29 bits per heavy atom. The van der Waals surface area contributed by atoms with Gasteiger partial charge in [0.25, 0.3) is 5.91 Å². The Bertz CT molecular complexity index is 833. The molecule has 126 valence electrons. The average Bonchev–Trinajstić information content (AvgIpc) is 3.07. The molecular weight excluding hydrogens is 310 g/mol. The highest BCUT2D eigenvalue weighted by molar-refractivity contribution is 5.93. The summed E-state index contributed by atoms with van der Waals surface area (Å²) < 4.78 is 16.9. The van der Waals surface area contributed by atoms with E-state index in [1.165, 1.54) is 0 Å². The third kappa shape index (κ3) is 3.19. The molecule has 0 aliphatic carbocycles. The van der Waals surface area contributed by atoms with Crippen molar-refractivity contribution in [2.24, 2.45) is 5.73 Å². The van der Waals surface area contributed by atoms with Gasteiger partial charge in [-0.15, -0.1) is 6.58 Å². The fourth-order valence-electron chi connectivity index (χ4n) is 2.80. The maximum atomic E-state index is 12.5. The number of carbonyl (C=O) groups is 1. The summed E-state index contributed by atoms with van der Waals surface area (Å²) >= 11 is 0. The minimum Gasteiger partial charge on any atom is -0.490 e. The topological polar surface area (TPSA) is 91.8 Å². The summed E-state index contributed by atoms with van der Waals surface area (Å²) in [5, 5.41) is 0.303. The highest BCUT2D eigenvalue weighted by Gasteiger charge is 2.19. The number of nitrogens with two attached hydrogens (primary N) is 1. The lowest BCUT2D eigenvalue weighted by atomic mass is 10.1. The summed E-state index contributed by atoms with van der Waals surface area (Å²) in [4.78, 5) is 23.8. The first-order valence-corrected chi connectivity index (χ1v) is 7.85. The van der Waals surface area contributed by atoms with Crippen LogP contribution in [-0.2, 0) is 11.2 Å². The first-order chi connectivity index (χ1) is 11.6. The number of hydrogen-bond donors (Lipinski definition) is 1. The van der Waals surface area contributed by atoms with Gasteiger partial charge in [-0.05, 0) is 30.9 Å². The predicted octanol–water partition coefficient (Wildman–Crippen LogP) is 2.18. The molecule has 2 heterocycles. The summed E-state index contributed by atoms with van der Waals surface area (Å²) in [7, 11) is 0. The van der Waals surface area contributed by atoms with Gasteiger partial charge in [0.05, 0.1) is 6.10 Å². The monoisotopic (exact) mass is 329 g/mol. The zero-order chi connectivity index (χ0) is 17.1. The molecule has 1 aliphatic rings. The van der Waals surface area contributed by atoms with Gasteiger partial charge in [-0.3, -0.25) is 9.59 Å². The Hall–Kier alpha value is -2.60. The van der Waals surface area contributed by atoms with Crippen molar-refractivity contribution in [1.29, 1.82) is 0 Å². The van der Waals surface area contributed by atoms with Crippen molar-refractivity contribution in [3.63, 3.8) is 0 Å². The molecule has 1 aliphatic heterocycles. The highest BCUT2D eigenvalue weighted by Crippen LogP contribution is 2.28. The molecule has 1 amide bonds. The molecule has 3 rings (SSSR count). The zero-order valence-corrected chi connectivity index (χ0v) is 13.2. The summed E-state index contributed by atoms with van der Waals surface area (Å²) in [6.07, 6.45) is 4.17. The molecule has 6 nitrogen and oxygen atoms in total. The number of rotatable bonds is 6. The summed E-state index contributed by atoms with van der Waals surface area (Å²) in [6, 6.07) is 4.63. The zero-order valence-electron chi connectivity index (χ0n) is 13.2. The lowest BCUT2D eigenvalue weighted by Gasteiger charge is -2.14. The van der Waals surface area contributed by atoms with Gasteiger partial charge >= 0.3 is 0 Å². The molecule has 1 unspecified atom stereocenters. The van der Waals surface area contributed by atoms with Crippen molar-refractivity contribution in [3.05, 3.63) is 52.4 Å². The van der Waals surface area contributed by atoms with Crippen LogP contribution in [0.2, 0.25) is 0 Å². The third-order valence-electron chi connectivity index (χ3n) is 3.98. The summed E-state index contributed by atoms with van der Waals surface area (Å²) in [5.41, 5.74) is 5.92. The quantitative estimate of drug-likeness (QED) is 0.820. The van der Waals surface area contributed by atoms with E-state index in [1.54, 1.807) is 18.2 Å². The number of carbonyl (C=O) groups excluding carboxylic acids is 1. The van der Waals surface area contributed by atoms with Gasteiger partial charge in [-0.25, -0.2) is 0 Å². The van der Waals surface area contributed by atoms with Crippen LogP contribution >= 0.6 is 0 Å². The van der Waals surface area contributed by atoms with Crippen molar-refractivity contribution < 1.29 is 18.7 Å². The molecule has 0 radical (unpaired) electrons. The van der Waals surface area contributed by atoms with Crippen LogP contribution in [0.1, 0.15) is 29.0 Å². The summed E-state index contributed by atoms with van der Waals surface area (Å²) in [5.74, 6) is -0.545. The minimum atomic E-state index is -0.788. The number of primary amides is 1. The first-order valence-electron chi connectivity index (χ1n) is 7.85. The molecule has 1 aromatic heterocycles. The molecule has 0 bridgehead atoms. The number of benzene rings is 1. The van der Waals surface area contributed by atoms with Gasteiger partial charge in [-0.1, -0.05) is 12.1 Å². The van der Waals surface area contributed by atoms with Gasteiger partial charge < -0.3 is 19.6 Å². The van der Waals surface area contributed by atoms with Crippen LogP contribution in [-0.4, -0.2) is 25.2 Å². The van der Waals surface area contributed by atoms with E-state index < -0.39 is 5.91 Å². The van der Waals surface area contributed by atoms with Gasteiger partial charge in [-0.2, -0.15) is 0 Å². The molecule has 1 saturated heterocycles. The Balaban J connectivity index is 2.06.